The van der Waals surface area contributed by atoms with Crippen LogP contribution in [0.5, 0.6) is 5.75 Å². The second kappa shape index (κ2) is 6.17. The van der Waals surface area contributed by atoms with Crippen LogP contribution in [0.25, 0.3) is 0 Å². The van der Waals surface area contributed by atoms with Crippen LogP contribution in [0, 0.1) is 5.82 Å². The van der Waals surface area contributed by atoms with Gasteiger partial charge in [-0.05, 0) is 42.4 Å². The maximum atomic E-state index is 13.0. The molecule has 0 bridgehead atoms. The van der Waals surface area contributed by atoms with E-state index in [1.807, 2.05) is 11.7 Å². The first kappa shape index (κ1) is 13.9. The number of nitrogens with zero attached hydrogens (tertiary/aromatic N) is 5. The standard InChI is InChI=1S/C14H18FN5O/c1-19(7-8-21-13-4-2-3-11(15)9-13)10-14-16-17-18-20(14)12-5-6-12/h2-4,9,12H,5-8,10H2,1H3. The van der Waals surface area contributed by atoms with Crippen LogP contribution in [0.4, 0.5) is 4.39 Å². The molecule has 112 valence electrons. The van der Waals surface area contributed by atoms with E-state index < -0.39 is 0 Å². The minimum atomic E-state index is -0.288. The molecule has 1 aliphatic carbocycles. The summed E-state index contributed by atoms with van der Waals surface area (Å²) in [5.74, 6) is 1.14. The molecule has 6 nitrogen and oxygen atoms in total. The highest BCUT2D eigenvalue weighted by Gasteiger charge is 2.27. The second-order valence-electron chi connectivity index (χ2n) is 5.31. The molecule has 0 radical (unpaired) electrons. The Hall–Kier alpha value is -2.02. The molecule has 21 heavy (non-hydrogen) atoms. The fourth-order valence-electron chi connectivity index (χ4n) is 2.12. The molecule has 3 rings (SSSR count). The van der Waals surface area contributed by atoms with Crippen molar-refractivity contribution in [2.75, 3.05) is 20.2 Å². The normalized spacial score (nSPS) is 14.6. The van der Waals surface area contributed by atoms with Gasteiger partial charge in [-0.3, -0.25) is 4.90 Å². The summed E-state index contributed by atoms with van der Waals surface area (Å²) in [6.45, 7) is 1.88. The second-order valence-corrected chi connectivity index (χ2v) is 5.31. The third kappa shape index (κ3) is 3.75. The van der Waals surface area contributed by atoms with E-state index in [4.69, 9.17) is 4.74 Å². The number of benzene rings is 1. The van der Waals surface area contributed by atoms with Crippen LogP contribution < -0.4 is 4.74 Å². The summed E-state index contributed by atoms with van der Waals surface area (Å²) < 4.78 is 20.4. The third-order valence-electron chi connectivity index (χ3n) is 3.40. The summed E-state index contributed by atoms with van der Waals surface area (Å²) in [7, 11) is 1.99. The monoisotopic (exact) mass is 291 g/mol. The van der Waals surface area contributed by atoms with Gasteiger partial charge in [-0.15, -0.1) is 5.10 Å². The highest BCUT2D eigenvalue weighted by molar-refractivity contribution is 5.22. The van der Waals surface area contributed by atoms with Crippen LogP contribution in [0.3, 0.4) is 0 Å². The van der Waals surface area contributed by atoms with Crippen molar-refractivity contribution in [2.45, 2.75) is 25.4 Å². The zero-order chi connectivity index (χ0) is 14.7. The Morgan fingerprint density at radius 1 is 1.43 bits per heavy atom. The van der Waals surface area contributed by atoms with Crippen LogP contribution in [0.2, 0.25) is 0 Å². The summed E-state index contributed by atoms with van der Waals surface area (Å²) >= 11 is 0. The Morgan fingerprint density at radius 3 is 3.05 bits per heavy atom. The number of hydrogen-bond acceptors (Lipinski definition) is 5. The minimum absolute atomic E-state index is 0.288. The zero-order valence-corrected chi connectivity index (χ0v) is 11.9. The first-order valence-electron chi connectivity index (χ1n) is 7.06. The van der Waals surface area contributed by atoms with E-state index in [1.54, 1.807) is 12.1 Å². The highest BCUT2D eigenvalue weighted by atomic mass is 19.1. The predicted molar refractivity (Wildman–Crippen MR) is 74.3 cm³/mol. The Kier molecular flexibility index (Phi) is 4.10. The molecule has 0 saturated heterocycles. The van der Waals surface area contributed by atoms with Gasteiger partial charge in [0.05, 0.1) is 12.6 Å². The first-order chi connectivity index (χ1) is 10.2. The molecule has 1 fully saturated rings. The van der Waals surface area contributed by atoms with Gasteiger partial charge in [-0.2, -0.15) is 0 Å². The SMILES string of the molecule is CN(CCOc1cccc(F)c1)Cc1nnnn1C1CC1. The van der Waals surface area contributed by atoms with Gasteiger partial charge in [0, 0.05) is 12.6 Å². The lowest BCUT2D eigenvalue weighted by Crippen LogP contribution is -2.25. The molecule has 0 amide bonds. The smallest absolute Gasteiger partial charge is 0.165 e. The van der Waals surface area contributed by atoms with Crippen LogP contribution in [-0.2, 0) is 6.54 Å². The topological polar surface area (TPSA) is 56.1 Å². The summed E-state index contributed by atoms with van der Waals surface area (Å²) in [4.78, 5) is 2.09. The fraction of sp³-hybridized carbons (Fsp3) is 0.500. The van der Waals surface area contributed by atoms with Gasteiger partial charge < -0.3 is 4.74 Å². The highest BCUT2D eigenvalue weighted by Crippen LogP contribution is 2.34. The van der Waals surface area contributed by atoms with Gasteiger partial charge in [-0.25, -0.2) is 9.07 Å². The van der Waals surface area contributed by atoms with Crippen molar-refractivity contribution >= 4 is 0 Å². The van der Waals surface area contributed by atoms with Crippen molar-refractivity contribution in [3.8, 4) is 5.75 Å². The number of tetrazole rings is 1. The van der Waals surface area contributed by atoms with E-state index in [0.29, 0.717) is 31.5 Å². The minimum Gasteiger partial charge on any atom is -0.492 e. The van der Waals surface area contributed by atoms with Gasteiger partial charge in [0.1, 0.15) is 18.2 Å². The van der Waals surface area contributed by atoms with Crippen molar-refractivity contribution in [2.24, 2.45) is 0 Å². The van der Waals surface area contributed by atoms with Crippen molar-refractivity contribution in [3.63, 3.8) is 0 Å². The molecule has 1 heterocycles. The Bertz CT molecular complexity index is 599. The van der Waals surface area contributed by atoms with Crippen molar-refractivity contribution < 1.29 is 9.13 Å². The van der Waals surface area contributed by atoms with E-state index in [0.717, 1.165) is 18.7 Å². The Balaban J connectivity index is 1.46. The molecule has 7 heteroatoms. The van der Waals surface area contributed by atoms with Gasteiger partial charge in [0.25, 0.3) is 0 Å². The molecule has 2 aromatic rings. The number of halogens is 1. The van der Waals surface area contributed by atoms with Gasteiger partial charge in [-0.1, -0.05) is 6.07 Å². The lowest BCUT2D eigenvalue weighted by atomic mass is 10.3. The van der Waals surface area contributed by atoms with Crippen LogP contribution >= 0.6 is 0 Å². The van der Waals surface area contributed by atoms with E-state index in [9.17, 15) is 4.39 Å². The molecule has 0 atom stereocenters. The molecular formula is C14H18FN5O. The molecule has 1 aromatic carbocycles. The lowest BCUT2D eigenvalue weighted by Gasteiger charge is -2.16. The lowest BCUT2D eigenvalue weighted by molar-refractivity contribution is 0.226. The number of rotatable bonds is 7. The molecule has 0 N–H and O–H groups in total. The van der Waals surface area contributed by atoms with Gasteiger partial charge in [0.15, 0.2) is 5.82 Å². The number of aromatic nitrogens is 4. The Labute approximate surface area is 122 Å². The van der Waals surface area contributed by atoms with Crippen LogP contribution in [-0.4, -0.2) is 45.3 Å². The number of hydrogen-bond donors (Lipinski definition) is 0. The average molecular weight is 291 g/mol. The first-order valence-corrected chi connectivity index (χ1v) is 7.06. The van der Waals surface area contributed by atoms with E-state index in [-0.39, 0.29) is 5.82 Å². The molecule has 0 spiro atoms. The summed E-state index contributed by atoms with van der Waals surface area (Å²) in [6.07, 6.45) is 2.31. The fourth-order valence-corrected chi connectivity index (χ4v) is 2.12. The van der Waals surface area contributed by atoms with E-state index in [1.165, 1.54) is 12.1 Å². The quantitative estimate of drug-likeness (QED) is 0.776. The molecular weight excluding hydrogens is 273 g/mol. The van der Waals surface area contributed by atoms with Gasteiger partial charge >= 0.3 is 0 Å². The summed E-state index contributed by atoms with van der Waals surface area (Å²) in [5, 5.41) is 11.8. The van der Waals surface area contributed by atoms with E-state index in [2.05, 4.69) is 20.4 Å². The average Bonchev–Trinajstić information content (AvgIpc) is 3.20. The maximum Gasteiger partial charge on any atom is 0.165 e. The van der Waals surface area contributed by atoms with Crippen molar-refractivity contribution in [1.29, 1.82) is 0 Å². The largest absolute Gasteiger partial charge is 0.492 e. The zero-order valence-electron chi connectivity index (χ0n) is 11.9. The molecule has 0 aliphatic heterocycles. The molecule has 0 unspecified atom stereocenters. The van der Waals surface area contributed by atoms with Crippen molar-refractivity contribution in [1.82, 2.24) is 25.1 Å². The Morgan fingerprint density at radius 2 is 2.29 bits per heavy atom. The van der Waals surface area contributed by atoms with Crippen LogP contribution in [0.1, 0.15) is 24.7 Å². The summed E-state index contributed by atoms with van der Waals surface area (Å²) in [5.41, 5.74) is 0. The van der Waals surface area contributed by atoms with Gasteiger partial charge in [0.2, 0.25) is 0 Å². The predicted octanol–water partition coefficient (Wildman–Crippen LogP) is 1.66. The molecule has 1 aromatic heterocycles. The maximum absolute atomic E-state index is 13.0. The van der Waals surface area contributed by atoms with Crippen molar-refractivity contribution in [3.05, 3.63) is 35.9 Å². The number of ether oxygens (including phenoxy) is 1. The van der Waals surface area contributed by atoms with E-state index >= 15 is 0 Å². The molecule has 1 aliphatic rings. The third-order valence-corrected chi connectivity index (χ3v) is 3.40. The van der Waals surface area contributed by atoms with Crippen LogP contribution in [0.15, 0.2) is 24.3 Å². The molecule has 1 saturated carbocycles. The number of likely N-dealkylation sites (N-methyl/N-ethyl adjacent to an activating group) is 1. The summed E-state index contributed by atoms with van der Waals surface area (Å²) in [6, 6.07) is 6.64.